The largest absolute Gasteiger partial charge is 0.493 e. The molecule has 0 bridgehead atoms. The van der Waals surface area contributed by atoms with Crippen LogP contribution in [0.3, 0.4) is 0 Å². The van der Waals surface area contributed by atoms with E-state index in [0.29, 0.717) is 35.7 Å². The Hall–Kier alpha value is -2.33. The van der Waals surface area contributed by atoms with Crippen molar-refractivity contribution in [1.29, 1.82) is 0 Å². The predicted octanol–water partition coefficient (Wildman–Crippen LogP) is 4.65. The zero-order chi connectivity index (χ0) is 17.5. The first-order valence-electron chi connectivity index (χ1n) is 7.75. The van der Waals surface area contributed by atoms with Gasteiger partial charge in [-0.1, -0.05) is 23.7 Å². The average Bonchev–Trinajstić information content (AvgIpc) is 2.53. The van der Waals surface area contributed by atoms with Crippen LogP contribution in [0.1, 0.15) is 35.7 Å². The second-order valence-electron chi connectivity index (χ2n) is 5.55. The molecule has 2 aromatic rings. The van der Waals surface area contributed by atoms with E-state index in [1.54, 1.807) is 30.3 Å². The van der Waals surface area contributed by atoms with Crippen LogP contribution in [0.2, 0.25) is 5.02 Å². The molecule has 126 valence electrons. The minimum atomic E-state index is -0.105. The molecule has 0 aromatic heterocycles. The van der Waals surface area contributed by atoms with Gasteiger partial charge in [-0.15, -0.1) is 0 Å². The molecule has 0 saturated heterocycles. The summed E-state index contributed by atoms with van der Waals surface area (Å²) >= 11 is 5.90. The lowest BCUT2D eigenvalue weighted by Gasteiger charge is -2.10. The van der Waals surface area contributed by atoms with Crippen LogP contribution >= 0.6 is 11.6 Å². The summed E-state index contributed by atoms with van der Waals surface area (Å²) in [7, 11) is 0. The lowest BCUT2D eigenvalue weighted by atomic mass is 10.1. The number of aryl methyl sites for hydroxylation is 1. The van der Waals surface area contributed by atoms with Crippen molar-refractivity contribution in [3.63, 3.8) is 0 Å². The maximum atomic E-state index is 11.9. The van der Waals surface area contributed by atoms with Gasteiger partial charge in [0.25, 0.3) is 0 Å². The SMILES string of the molecule is CC(=O)c1cccc(NC(=O)CCCOc2ccc(Cl)cc2C)c1. The fraction of sp³-hybridized carbons (Fsp3) is 0.263. The highest BCUT2D eigenvalue weighted by Gasteiger charge is 2.06. The van der Waals surface area contributed by atoms with Crippen molar-refractivity contribution in [2.24, 2.45) is 0 Å². The van der Waals surface area contributed by atoms with E-state index in [2.05, 4.69) is 5.32 Å². The van der Waals surface area contributed by atoms with E-state index in [0.717, 1.165) is 11.3 Å². The fourth-order valence-electron chi connectivity index (χ4n) is 2.23. The highest BCUT2D eigenvalue weighted by atomic mass is 35.5. The van der Waals surface area contributed by atoms with Crippen LogP contribution in [-0.2, 0) is 4.79 Å². The first-order chi connectivity index (χ1) is 11.5. The molecule has 0 saturated carbocycles. The molecule has 0 atom stereocenters. The summed E-state index contributed by atoms with van der Waals surface area (Å²) in [4.78, 5) is 23.3. The average molecular weight is 346 g/mol. The fourth-order valence-corrected chi connectivity index (χ4v) is 2.46. The Bertz CT molecular complexity index is 743. The second kappa shape index (κ2) is 8.50. The molecule has 4 nitrogen and oxygen atoms in total. The van der Waals surface area contributed by atoms with Crippen molar-refractivity contribution in [2.45, 2.75) is 26.7 Å². The molecule has 24 heavy (non-hydrogen) atoms. The van der Waals surface area contributed by atoms with Gasteiger partial charge in [0.1, 0.15) is 5.75 Å². The molecule has 2 aromatic carbocycles. The van der Waals surface area contributed by atoms with Gasteiger partial charge >= 0.3 is 0 Å². The Kier molecular flexibility index (Phi) is 6.38. The summed E-state index contributed by atoms with van der Waals surface area (Å²) in [5.41, 5.74) is 2.17. The quantitative estimate of drug-likeness (QED) is 0.587. The van der Waals surface area contributed by atoms with Crippen molar-refractivity contribution >= 4 is 29.0 Å². The molecule has 0 fully saturated rings. The van der Waals surface area contributed by atoms with E-state index in [4.69, 9.17) is 16.3 Å². The monoisotopic (exact) mass is 345 g/mol. The van der Waals surface area contributed by atoms with Crippen LogP contribution in [0.4, 0.5) is 5.69 Å². The van der Waals surface area contributed by atoms with Crippen molar-refractivity contribution in [3.8, 4) is 5.75 Å². The number of hydrogen-bond acceptors (Lipinski definition) is 3. The van der Waals surface area contributed by atoms with E-state index in [-0.39, 0.29) is 11.7 Å². The van der Waals surface area contributed by atoms with E-state index < -0.39 is 0 Å². The van der Waals surface area contributed by atoms with E-state index in [1.165, 1.54) is 6.92 Å². The molecule has 0 heterocycles. The van der Waals surface area contributed by atoms with Gasteiger partial charge in [-0.2, -0.15) is 0 Å². The lowest BCUT2D eigenvalue weighted by Crippen LogP contribution is -2.13. The van der Waals surface area contributed by atoms with Crippen LogP contribution in [0.5, 0.6) is 5.75 Å². The Balaban J connectivity index is 1.77. The maximum absolute atomic E-state index is 11.9. The molecule has 0 unspecified atom stereocenters. The Morgan fingerprint density at radius 2 is 1.96 bits per heavy atom. The Morgan fingerprint density at radius 1 is 1.17 bits per heavy atom. The van der Waals surface area contributed by atoms with Crippen LogP contribution in [-0.4, -0.2) is 18.3 Å². The highest BCUT2D eigenvalue weighted by molar-refractivity contribution is 6.30. The second-order valence-corrected chi connectivity index (χ2v) is 5.98. The van der Waals surface area contributed by atoms with Crippen molar-refractivity contribution in [1.82, 2.24) is 0 Å². The summed E-state index contributed by atoms with van der Waals surface area (Å²) < 4.78 is 5.66. The number of benzene rings is 2. The van der Waals surface area contributed by atoms with Gasteiger partial charge in [-0.3, -0.25) is 9.59 Å². The topological polar surface area (TPSA) is 55.4 Å². The number of Topliss-reactive ketones (excluding diaryl/α,β-unsaturated/α-hetero) is 1. The summed E-state index contributed by atoms with van der Waals surface area (Å²) in [5.74, 6) is 0.638. The third kappa shape index (κ3) is 5.39. The van der Waals surface area contributed by atoms with E-state index in [9.17, 15) is 9.59 Å². The predicted molar refractivity (Wildman–Crippen MR) is 96.0 cm³/mol. The highest BCUT2D eigenvalue weighted by Crippen LogP contribution is 2.22. The maximum Gasteiger partial charge on any atom is 0.224 e. The van der Waals surface area contributed by atoms with Gasteiger partial charge in [-0.05, 0) is 56.2 Å². The number of anilines is 1. The third-order valence-corrected chi connectivity index (χ3v) is 3.73. The minimum absolute atomic E-state index is 0.0298. The van der Waals surface area contributed by atoms with Crippen molar-refractivity contribution in [3.05, 3.63) is 58.6 Å². The summed E-state index contributed by atoms with van der Waals surface area (Å²) in [6, 6.07) is 12.3. The van der Waals surface area contributed by atoms with E-state index in [1.807, 2.05) is 19.1 Å². The van der Waals surface area contributed by atoms with Crippen molar-refractivity contribution < 1.29 is 14.3 Å². The first-order valence-corrected chi connectivity index (χ1v) is 8.13. The number of hydrogen-bond donors (Lipinski definition) is 1. The van der Waals surface area contributed by atoms with Crippen LogP contribution in [0.15, 0.2) is 42.5 Å². The number of carbonyl (C=O) groups excluding carboxylic acids is 2. The molecule has 1 N–H and O–H groups in total. The number of halogens is 1. The van der Waals surface area contributed by atoms with Gasteiger partial charge < -0.3 is 10.1 Å². The lowest BCUT2D eigenvalue weighted by molar-refractivity contribution is -0.116. The normalized spacial score (nSPS) is 10.3. The number of nitrogens with one attached hydrogen (secondary N) is 1. The zero-order valence-electron chi connectivity index (χ0n) is 13.8. The number of ether oxygens (including phenoxy) is 1. The molecule has 1 amide bonds. The van der Waals surface area contributed by atoms with Crippen LogP contribution in [0.25, 0.3) is 0 Å². The third-order valence-electron chi connectivity index (χ3n) is 3.50. The van der Waals surface area contributed by atoms with E-state index >= 15 is 0 Å². The Morgan fingerprint density at radius 3 is 2.67 bits per heavy atom. The number of ketones is 1. The standard InChI is InChI=1S/C19H20ClNO3/c1-13-11-16(20)8-9-18(13)24-10-4-7-19(23)21-17-6-3-5-15(12-17)14(2)22/h3,5-6,8-9,11-12H,4,7,10H2,1-2H3,(H,21,23). The number of carbonyl (C=O) groups is 2. The molecule has 0 spiro atoms. The molecule has 0 aliphatic heterocycles. The van der Waals surface area contributed by atoms with Crippen LogP contribution in [0, 0.1) is 6.92 Å². The summed E-state index contributed by atoms with van der Waals surface area (Å²) in [6.45, 7) is 3.87. The minimum Gasteiger partial charge on any atom is -0.493 e. The summed E-state index contributed by atoms with van der Waals surface area (Å²) in [6.07, 6.45) is 0.942. The molecular formula is C19H20ClNO3. The molecule has 0 radical (unpaired) electrons. The summed E-state index contributed by atoms with van der Waals surface area (Å²) in [5, 5.41) is 3.46. The number of rotatable bonds is 7. The van der Waals surface area contributed by atoms with Gasteiger partial charge in [0, 0.05) is 22.7 Å². The van der Waals surface area contributed by atoms with Crippen LogP contribution < -0.4 is 10.1 Å². The molecule has 5 heteroatoms. The van der Waals surface area contributed by atoms with Gasteiger partial charge in [0.05, 0.1) is 6.61 Å². The van der Waals surface area contributed by atoms with Crippen molar-refractivity contribution in [2.75, 3.05) is 11.9 Å². The number of amides is 1. The first kappa shape index (κ1) is 18.0. The molecular weight excluding hydrogens is 326 g/mol. The Labute approximate surface area is 146 Å². The molecule has 0 aliphatic carbocycles. The van der Waals surface area contributed by atoms with Gasteiger partial charge in [0.15, 0.2) is 5.78 Å². The molecule has 0 aliphatic rings. The smallest absolute Gasteiger partial charge is 0.224 e. The zero-order valence-corrected chi connectivity index (χ0v) is 14.5. The van der Waals surface area contributed by atoms with Gasteiger partial charge in [0.2, 0.25) is 5.91 Å². The van der Waals surface area contributed by atoms with Gasteiger partial charge in [-0.25, -0.2) is 0 Å². The molecule has 2 rings (SSSR count).